The molecule has 0 bridgehead atoms. The number of Topliss-reactive ketones (excluding diaryl/α,β-unsaturated/α-hetero) is 1. The third-order valence-corrected chi connectivity index (χ3v) is 3.40. The highest BCUT2D eigenvalue weighted by Gasteiger charge is 2.13. The van der Waals surface area contributed by atoms with Gasteiger partial charge in [0.25, 0.3) is 5.91 Å². The van der Waals surface area contributed by atoms with Gasteiger partial charge < -0.3 is 4.90 Å². The van der Waals surface area contributed by atoms with Gasteiger partial charge in [0.05, 0.1) is 0 Å². The normalized spacial score (nSPS) is 13.0. The van der Waals surface area contributed by atoms with Gasteiger partial charge in [-0.1, -0.05) is 24.6 Å². The second-order valence-corrected chi connectivity index (χ2v) is 5.70. The molecule has 0 heterocycles. The Morgan fingerprint density at radius 1 is 1.09 bits per heavy atom. The minimum Gasteiger partial charge on any atom is -0.378 e. The van der Waals surface area contributed by atoms with Crippen LogP contribution in [0.2, 0.25) is 0 Å². The maximum atomic E-state index is 12.4. The fourth-order valence-corrected chi connectivity index (χ4v) is 2.02. The number of benzene rings is 1. The smallest absolute Gasteiger partial charge is 0.269 e. The van der Waals surface area contributed by atoms with E-state index in [-0.39, 0.29) is 11.7 Å². The van der Waals surface area contributed by atoms with Gasteiger partial charge in [0.2, 0.25) is 0 Å². The highest BCUT2D eigenvalue weighted by Crippen LogP contribution is 2.17. The zero-order valence-electron chi connectivity index (χ0n) is 14.3. The summed E-state index contributed by atoms with van der Waals surface area (Å²) in [5.74, 6) is -0.795. The number of allylic oxidation sites excluding steroid dienone is 3. The van der Waals surface area contributed by atoms with Gasteiger partial charge in [-0.05, 0) is 31.2 Å². The van der Waals surface area contributed by atoms with Gasteiger partial charge in [-0.25, -0.2) is 5.06 Å². The Morgan fingerprint density at radius 3 is 2.13 bits per heavy atom. The van der Waals surface area contributed by atoms with Crippen molar-refractivity contribution in [1.29, 1.82) is 0 Å². The lowest BCUT2D eigenvalue weighted by molar-refractivity contribution is -0.153. The number of hydrogen-bond donors (Lipinski definition) is 1. The number of carbonyl (C=O) groups excluding carboxylic acids is 2. The molecule has 1 unspecified atom stereocenters. The summed E-state index contributed by atoms with van der Waals surface area (Å²) in [6.45, 7) is 3.62. The van der Waals surface area contributed by atoms with E-state index in [2.05, 4.69) is 0 Å². The number of carbonyl (C=O) groups is 2. The van der Waals surface area contributed by atoms with Crippen molar-refractivity contribution in [1.82, 2.24) is 5.06 Å². The first-order chi connectivity index (χ1) is 10.7. The summed E-state index contributed by atoms with van der Waals surface area (Å²) in [6.07, 6.45) is 4.63. The predicted octanol–water partition coefficient (Wildman–Crippen LogP) is 2.92. The molecule has 0 aromatic heterocycles. The van der Waals surface area contributed by atoms with Crippen LogP contribution in [0.25, 0.3) is 0 Å². The van der Waals surface area contributed by atoms with Crippen molar-refractivity contribution in [3.8, 4) is 0 Å². The van der Waals surface area contributed by atoms with Gasteiger partial charge in [0, 0.05) is 44.4 Å². The van der Waals surface area contributed by atoms with Crippen LogP contribution in [-0.2, 0) is 4.79 Å². The molecule has 1 aromatic rings. The standard InChI is InChI=1S/C18H24N2O3/c1-13(6-11-17(21)20(5)23)12-14(2)18(22)15-7-9-16(10-8-15)19(3)4/h6-12,14,23H,1-5H3/b11-6+,13-12+. The van der Waals surface area contributed by atoms with Crippen LogP contribution < -0.4 is 4.90 Å². The van der Waals surface area contributed by atoms with Gasteiger partial charge in [0.15, 0.2) is 5.78 Å². The summed E-state index contributed by atoms with van der Waals surface area (Å²) >= 11 is 0. The first kappa shape index (κ1) is 18.6. The van der Waals surface area contributed by atoms with Crippen LogP contribution >= 0.6 is 0 Å². The van der Waals surface area contributed by atoms with Crippen molar-refractivity contribution in [2.45, 2.75) is 13.8 Å². The molecule has 1 amide bonds. The molecule has 0 spiro atoms. The van der Waals surface area contributed by atoms with E-state index in [0.29, 0.717) is 10.6 Å². The third kappa shape index (κ3) is 5.71. The Hall–Kier alpha value is -2.40. The number of amides is 1. The van der Waals surface area contributed by atoms with Crippen LogP contribution in [-0.4, -0.2) is 43.1 Å². The largest absolute Gasteiger partial charge is 0.378 e. The monoisotopic (exact) mass is 316 g/mol. The molecule has 1 N–H and O–H groups in total. The topological polar surface area (TPSA) is 60.9 Å². The second-order valence-electron chi connectivity index (χ2n) is 5.70. The zero-order valence-corrected chi connectivity index (χ0v) is 14.3. The lowest BCUT2D eigenvalue weighted by Crippen LogP contribution is -2.19. The molecule has 0 saturated heterocycles. The fourth-order valence-electron chi connectivity index (χ4n) is 2.02. The molecule has 0 aliphatic carbocycles. The van der Waals surface area contributed by atoms with Gasteiger partial charge in [0.1, 0.15) is 0 Å². The van der Waals surface area contributed by atoms with E-state index >= 15 is 0 Å². The minimum absolute atomic E-state index is 0.0219. The molecular weight excluding hydrogens is 292 g/mol. The van der Waals surface area contributed by atoms with Crippen LogP contribution in [0.4, 0.5) is 5.69 Å². The third-order valence-electron chi connectivity index (χ3n) is 3.40. The van der Waals surface area contributed by atoms with E-state index in [1.807, 2.05) is 50.2 Å². The summed E-state index contributed by atoms with van der Waals surface area (Å²) in [6, 6.07) is 7.45. The van der Waals surface area contributed by atoms with Gasteiger partial charge >= 0.3 is 0 Å². The first-order valence-electron chi connectivity index (χ1n) is 7.37. The maximum Gasteiger partial charge on any atom is 0.269 e. The molecule has 1 aromatic carbocycles. The van der Waals surface area contributed by atoms with Gasteiger partial charge in [-0.3, -0.25) is 14.8 Å². The summed E-state index contributed by atoms with van der Waals surface area (Å²) in [5.41, 5.74) is 2.48. The van der Waals surface area contributed by atoms with Crippen molar-refractivity contribution < 1.29 is 14.8 Å². The highest BCUT2D eigenvalue weighted by molar-refractivity contribution is 5.99. The Labute approximate surface area is 137 Å². The zero-order chi connectivity index (χ0) is 17.6. The Morgan fingerprint density at radius 2 is 1.65 bits per heavy atom. The summed E-state index contributed by atoms with van der Waals surface area (Å²) < 4.78 is 0. The average Bonchev–Trinajstić information content (AvgIpc) is 2.51. The van der Waals surface area contributed by atoms with Gasteiger partial charge in [-0.15, -0.1) is 0 Å². The van der Waals surface area contributed by atoms with Gasteiger partial charge in [-0.2, -0.15) is 0 Å². The van der Waals surface area contributed by atoms with Crippen molar-refractivity contribution in [2.24, 2.45) is 5.92 Å². The second kappa shape index (κ2) is 8.29. The number of hydroxylamine groups is 2. The molecule has 124 valence electrons. The number of hydrogen-bond acceptors (Lipinski definition) is 4. The molecule has 0 aliphatic rings. The Bertz CT molecular complexity index is 614. The lowest BCUT2D eigenvalue weighted by Gasteiger charge is -2.13. The van der Waals surface area contributed by atoms with Crippen molar-refractivity contribution >= 4 is 17.4 Å². The lowest BCUT2D eigenvalue weighted by atomic mass is 9.97. The minimum atomic E-state index is -0.518. The van der Waals surface area contributed by atoms with E-state index in [0.717, 1.165) is 11.3 Å². The summed E-state index contributed by atoms with van der Waals surface area (Å²) in [7, 11) is 5.15. The molecule has 0 aliphatic heterocycles. The maximum absolute atomic E-state index is 12.4. The fraction of sp³-hybridized carbons (Fsp3) is 0.333. The van der Waals surface area contributed by atoms with Crippen LogP contribution in [0.3, 0.4) is 0 Å². The Balaban J connectivity index is 2.79. The van der Waals surface area contributed by atoms with E-state index in [1.54, 1.807) is 19.1 Å². The molecule has 0 saturated carbocycles. The molecular formula is C18H24N2O3. The van der Waals surface area contributed by atoms with Crippen molar-refractivity contribution in [3.05, 3.63) is 53.6 Å². The van der Waals surface area contributed by atoms with Crippen molar-refractivity contribution in [2.75, 3.05) is 26.0 Å². The first-order valence-corrected chi connectivity index (χ1v) is 7.37. The van der Waals surface area contributed by atoms with Crippen LogP contribution in [0, 0.1) is 5.92 Å². The number of ketones is 1. The molecule has 1 atom stereocenters. The number of nitrogens with zero attached hydrogens (tertiary/aromatic N) is 2. The quantitative estimate of drug-likeness (QED) is 0.288. The molecule has 5 heteroatoms. The summed E-state index contributed by atoms with van der Waals surface area (Å²) in [4.78, 5) is 25.7. The number of rotatable bonds is 6. The average molecular weight is 316 g/mol. The van der Waals surface area contributed by atoms with E-state index in [4.69, 9.17) is 5.21 Å². The SMILES string of the molecule is CC(/C=C/C(=O)N(C)O)=C\C(C)C(=O)c1ccc(N(C)C)cc1. The molecule has 0 fully saturated rings. The van der Waals surface area contributed by atoms with E-state index in [9.17, 15) is 9.59 Å². The predicted molar refractivity (Wildman–Crippen MR) is 91.7 cm³/mol. The van der Waals surface area contributed by atoms with Crippen LogP contribution in [0.1, 0.15) is 24.2 Å². The van der Waals surface area contributed by atoms with Crippen LogP contribution in [0.15, 0.2) is 48.1 Å². The molecule has 0 radical (unpaired) electrons. The summed E-state index contributed by atoms with van der Waals surface area (Å²) in [5, 5.41) is 9.47. The van der Waals surface area contributed by atoms with Crippen LogP contribution in [0.5, 0.6) is 0 Å². The molecule has 23 heavy (non-hydrogen) atoms. The van der Waals surface area contributed by atoms with Crippen molar-refractivity contribution in [3.63, 3.8) is 0 Å². The van der Waals surface area contributed by atoms with E-state index in [1.165, 1.54) is 13.1 Å². The van der Waals surface area contributed by atoms with E-state index < -0.39 is 5.91 Å². The molecule has 5 nitrogen and oxygen atoms in total. The number of likely N-dealkylation sites (N-methyl/N-ethyl adjacent to an activating group) is 1. The highest BCUT2D eigenvalue weighted by atomic mass is 16.5. The Kier molecular flexibility index (Phi) is 6.72. The number of anilines is 1. The molecule has 1 rings (SSSR count).